The molecule has 1 fully saturated rings. The molecule has 2 aromatic heterocycles. The fourth-order valence-corrected chi connectivity index (χ4v) is 4.88. The van der Waals surface area contributed by atoms with E-state index in [1.165, 1.54) is 12.4 Å². The summed E-state index contributed by atoms with van der Waals surface area (Å²) in [4.78, 5) is 38.4. The summed E-state index contributed by atoms with van der Waals surface area (Å²) in [5.41, 5.74) is 3.63. The molecule has 2 aliphatic rings. The molecule has 1 aromatic carbocycles. The number of halogens is 1. The van der Waals surface area contributed by atoms with Crippen molar-refractivity contribution in [1.82, 2.24) is 14.5 Å². The van der Waals surface area contributed by atoms with E-state index in [9.17, 15) is 14.0 Å². The van der Waals surface area contributed by atoms with Crippen LogP contribution in [0.15, 0.2) is 36.7 Å². The Kier molecular flexibility index (Phi) is 6.11. The Morgan fingerprint density at radius 3 is 2.64 bits per heavy atom. The van der Waals surface area contributed by atoms with Crippen molar-refractivity contribution in [1.29, 1.82) is 0 Å². The van der Waals surface area contributed by atoms with Gasteiger partial charge in [-0.3, -0.25) is 9.59 Å². The Balaban J connectivity index is 1.29. The minimum atomic E-state index is -0.681. The van der Waals surface area contributed by atoms with Gasteiger partial charge in [0.05, 0.1) is 29.8 Å². The summed E-state index contributed by atoms with van der Waals surface area (Å²) in [5.74, 6) is -0.432. The van der Waals surface area contributed by atoms with E-state index in [1.54, 1.807) is 23.7 Å². The highest BCUT2D eigenvalue weighted by molar-refractivity contribution is 6.46. The van der Waals surface area contributed by atoms with E-state index in [0.29, 0.717) is 42.8 Å². The minimum Gasteiger partial charge on any atom is -0.489 e. The molecule has 2 aliphatic heterocycles. The number of aryl methyl sites for hydroxylation is 1. The predicted octanol–water partition coefficient (Wildman–Crippen LogP) is 3.30. The zero-order chi connectivity index (χ0) is 25.6. The zero-order valence-corrected chi connectivity index (χ0v) is 20.8. The summed E-state index contributed by atoms with van der Waals surface area (Å²) < 4.78 is 21.0. The number of fused-ring (bicyclic) bond motifs is 3. The number of ether oxygens (including phenoxy) is 1. The number of rotatable bonds is 5. The Bertz CT molecular complexity index is 1320. The highest BCUT2D eigenvalue weighted by Crippen LogP contribution is 2.37. The van der Waals surface area contributed by atoms with Crippen molar-refractivity contribution in [3.05, 3.63) is 59.4 Å². The summed E-state index contributed by atoms with van der Waals surface area (Å²) in [5, 5.41) is 2.74. The summed E-state index contributed by atoms with van der Waals surface area (Å²) >= 11 is 0. The van der Waals surface area contributed by atoms with Crippen LogP contribution in [0.4, 0.5) is 21.7 Å². The number of hydrogen-bond donors (Lipinski definition) is 1. The van der Waals surface area contributed by atoms with Gasteiger partial charge in [-0.05, 0) is 36.6 Å². The normalized spacial score (nSPS) is 16.9. The average Bonchev–Trinajstić information content (AvgIpc) is 3.17. The van der Waals surface area contributed by atoms with Crippen molar-refractivity contribution < 1.29 is 18.7 Å². The molecule has 188 valence electrons. The van der Waals surface area contributed by atoms with E-state index in [4.69, 9.17) is 4.74 Å². The minimum absolute atomic E-state index is 0.0805. The lowest BCUT2D eigenvalue weighted by Crippen LogP contribution is -2.57. The molecule has 36 heavy (non-hydrogen) atoms. The van der Waals surface area contributed by atoms with Gasteiger partial charge in [0.15, 0.2) is 5.82 Å². The lowest BCUT2D eigenvalue weighted by molar-refractivity contribution is -0.112. The quantitative estimate of drug-likeness (QED) is 0.432. The van der Waals surface area contributed by atoms with Crippen molar-refractivity contribution in [3.8, 4) is 5.75 Å². The number of Topliss-reactive ketones (excluding diaryl/α,β-unsaturated/α-hetero) is 1. The average molecular weight is 493 g/mol. The Morgan fingerprint density at radius 2 is 1.92 bits per heavy atom. The number of anilines is 3. The van der Waals surface area contributed by atoms with Gasteiger partial charge in [0.25, 0.3) is 11.7 Å². The highest BCUT2D eigenvalue weighted by Gasteiger charge is 2.34. The molecule has 9 nitrogen and oxygen atoms in total. The third kappa shape index (κ3) is 4.27. The van der Waals surface area contributed by atoms with Gasteiger partial charge in [-0.2, -0.15) is 0 Å². The van der Waals surface area contributed by atoms with Gasteiger partial charge in [-0.15, -0.1) is 0 Å². The predicted molar refractivity (Wildman–Crippen MR) is 134 cm³/mol. The van der Waals surface area contributed by atoms with E-state index >= 15 is 0 Å². The molecule has 0 spiro atoms. The van der Waals surface area contributed by atoms with Crippen LogP contribution in [0, 0.1) is 12.7 Å². The number of piperazine rings is 1. The van der Waals surface area contributed by atoms with E-state index in [0.717, 1.165) is 23.5 Å². The first-order valence-electron chi connectivity index (χ1n) is 12.0. The van der Waals surface area contributed by atoms with E-state index in [1.807, 2.05) is 37.8 Å². The molecule has 5 rings (SSSR count). The number of aromatic nitrogens is 3. The van der Waals surface area contributed by atoms with Crippen LogP contribution in [0.3, 0.4) is 0 Å². The summed E-state index contributed by atoms with van der Waals surface area (Å²) in [6, 6.07) is 7.47. The van der Waals surface area contributed by atoms with Crippen molar-refractivity contribution in [2.75, 3.05) is 41.4 Å². The molecule has 1 saturated heterocycles. The number of benzene rings is 1. The van der Waals surface area contributed by atoms with Gasteiger partial charge in [-0.25, -0.2) is 14.4 Å². The highest BCUT2D eigenvalue weighted by atomic mass is 19.1. The topological polar surface area (TPSA) is 92.6 Å². The first-order chi connectivity index (χ1) is 17.2. The number of nitrogens with one attached hydrogen (secondary N) is 1. The van der Waals surface area contributed by atoms with Gasteiger partial charge in [-0.1, -0.05) is 13.8 Å². The Morgan fingerprint density at radius 1 is 1.17 bits per heavy atom. The number of nitrogens with zero attached hydrogens (tertiary/aromatic N) is 5. The molecular weight excluding hydrogens is 463 g/mol. The lowest BCUT2D eigenvalue weighted by atomic mass is 10.0. The first kappa shape index (κ1) is 23.8. The first-order valence-corrected chi connectivity index (χ1v) is 12.0. The SMILES string of the molecule is Cc1cc(C(C)C)c(C(=O)C(=O)Nc2ccc3c(c2)OC[C@@H]2CN(c4ncc(F)cn4)CCN32)n1C. The maximum atomic E-state index is 13.2. The van der Waals surface area contributed by atoms with E-state index < -0.39 is 17.5 Å². The van der Waals surface area contributed by atoms with Crippen molar-refractivity contribution in [3.63, 3.8) is 0 Å². The van der Waals surface area contributed by atoms with Crippen LogP contribution < -0.4 is 19.9 Å². The van der Waals surface area contributed by atoms with Crippen molar-refractivity contribution in [2.45, 2.75) is 32.7 Å². The molecule has 0 bridgehead atoms. The van der Waals surface area contributed by atoms with Crippen molar-refractivity contribution in [2.24, 2.45) is 7.05 Å². The standard InChI is InChI=1S/C26H29FN6O3/c1-15(2)20-9-16(3)31(4)23(20)24(34)25(35)30-18-5-6-21-22(10-18)36-14-19-13-32(7-8-33(19)21)26-28-11-17(27)12-29-26/h5-6,9-12,15,19H,7-8,13-14H2,1-4H3,(H,30,35)/t19-/m0/s1. The molecule has 10 heteroatoms. The fraction of sp³-hybridized carbons (Fsp3) is 0.385. The van der Waals surface area contributed by atoms with Crippen LogP contribution in [-0.2, 0) is 11.8 Å². The molecule has 0 aliphatic carbocycles. The molecule has 0 unspecified atom stereocenters. The Labute approximate surface area is 208 Å². The maximum absolute atomic E-state index is 13.2. The number of ketones is 1. The molecular formula is C26H29FN6O3. The van der Waals surface area contributed by atoms with Gasteiger partial charge in [0.1, 0.15) is 12.4 Å². The van der Waals surface area contributed by atoms with Gasteiger partial charge in [0, 0.05) is 44.1 Å². The largest absolute Gasteiger partial charge is 0.489 e. The molecule has 0 radical (unpaired) electrons. The van der Waals surface area contributed by atoms with Crippen LogP contribution in [0.2, 0.25) is 0 Å². The fourth-order valence-electron chi connectivity index (χ4n) is 4.88. The molecule has 1 atom stereocenters. The third-order valence-electron chi connectivity index (χ3n) is 6.88. The number of amides is 1. The summed E-state index contributed by atoms with van der Waals surface area (Å²) in [6.07, 6.45) is 2.34. The number of carbonyl (C=O) groups is 2. The van der Waals surface area contributed by atoms with Crippen LogP contribution in [0.25, 0.3) is 0 Å². The summed E-state index contributed by atoms with van der Waals surface area (Å²) in [6.45, 7) is 8.42. The molecule has 4 heterocycles. The molecule has 1 amide bonds. The lowest BCUT2D eigenvalue weighted by Gasteiger charge is -2.45. The molecule has 0 saturated carbocycles. The Hall–Kier alpha value is -3.95. The smallest absolute Gasteiger partial charge is 0.298 e. The van der Waals surface area contributed by atoms with Crippen LogP contribution in [-0.4, -0.2) is 58.5 Å². The van der Waals surface area contributed by atoms with Gasteiger partial charge in [0.2, 0.25) is 5.95 Å². The maximum Gasteiger partial charge on any atom is 0.298 e. The van der Waals surface area contributed by atoms with Crippen LogP contribution in [0.1, 0.15) is 41.5 Å². The summed E-state index contributed by atoms with van der Waals surface area (Å²) in [7, 11) is 1.80. The van der Waals surface area contributed by atoms with Crippen molar-refractivity contribution >= 4 is 29.0 Å². The molecule has 3 aromatic rings. The van der Waals surface area contributed by atoms with Gasteiger partial charge >= 0.3 is 0 Å². The monoisotopic (exact) mass is 492 g/mol. The van der Waals surface area contributed by atoms with E-state index in [2.05, 4.69) is 20.2 Å². The van der Waals surface area contributed by atoms with Gasteiger partial charge < -0.3 is 24.4 Å². The number of carbonyl (C=O) groups excluding carboxylic acids is 2. The molecule has 1 N–H and O–H groups in total. The van der Waals surface area contributed by atoms with E-state index in [-0.39, 0.29) is 12.0 Å². The second-order valence-corrected chi connectivity index (χ2v) is 9.57. The zero-order valence-electron chi connectivity index (χ0n) is 20.8. The van der Waals surface area contributed by atoms with Crippen LogP contribution in [0.5, 0.6) is 5.75 Å². The third-order valence-corrected chi connectivity index (χ3v) is 6.88. The van der Waals surface area contributed by atoms with Crippen LogP contribution >= 0.6 is 0 Å². The number of hydrogen-bond acceptors (Lipinski definition) is 7. The second-order valence-electron chi connectivity index (χ2n) is 9.57. The second kappa shape index (κ2) is 9.25.